The fourth-order valence-electron chi connectivity index (χ4n) is 1.26. The lowest BCUT2D eigenvalue weighted by molar-refractivity contribution is 0.101. The third-order valence-corrected chi connectivity index (χ3v) is 2.07. The molecule has 0 saturated carbocycles. The monoisotopic (exact) mass is 208 g/mol. The van der Waals surface area contributed by atoms with E-state index < -0.39 is 0 Å². The van der Waals surface area contributed by atoms with E-state index in [1.807, 2.05) is 0 Å². The number of benzene rings is 1. The van der Waals surface area contributed by atoms with Crippen LogP contribution in [-0.4, -0.2) is 26.3 Å². The van der Waals surface area contributed by atoms with Crippen molar-refractivity contribution in [2.24, 2.45) is 0 Å². The number of carbonyl (C=O) groups excluding carboxylic acids is 2. The first kappa shape index (κ1) is 11.2. The molecule has 1 aromatic carbocycles. The summed E-state index contributed by atoms with van der Waals surface area (Å²) in [4.78, 5) is 22.0. The lowest BCUT2D eigenvalue weighted by Crippen LogP contribution is -2.00. The van der Waals surface area contributed by atoms with Crippen molar-refractivity contribution in [1.29, 1.82) is 0 Å². The Morgan fingerprint density at radius 1 is 1.20 bits per heavy atom. The minimum atomic E-state index is -0.107. The van der Waals surface area contributed by atoms with Gasteiger partial charge in [-0.1, -0.05) is 0 Å². The molecule has 0 aliphatic rings. The molecule has 0 amide bonds. The molecule has 1 aromatic rings. The molecular weight excluding hydrogens is 196 g/mol. The first-order chi connectivity index (χ1) is 7.13. The smallest absolute Gasteiger partial charge is 0.160 e. The largest absolute Gasteiger partial charge is 0.496 e. The van der Waals surface area contributed by atoms with Gasteiger partial charge in [-0.15, -0.1) is 0 Å². The normalized spacial score (nSPS) is 9.53. The molecular formula is C11H12O4. The zero-order chi connectivity index (χ0) is 11.4. The van der Waals surface area contributed by atoms with Crippen LogP contribution in [0.1, 0.15) is 27.6 Å². The van der Waals surface area contributed by atoms with Gasteiger partial charge >= 0.3 is 0 Å². The van der Waals surface area contributed by atoms with Crippen LogP contribution in [0.3, 0.4) is 0 Å². The summed E-state index contributed by atoms with van der Waals surface area (Å²) in [5, 5.41) is 0. The SMILES string of the molecule is COc1cc(C(C)=O)cc(OC)c1C=O. The second-order valence-electron chi connectivity index (χ2n) is 2.97. The van der Waals surface area contributed by atoms with Crippen molar-refractivity contribution in [2.75, 3.05) is 14.2 Å². The molecule has 15 heavy (non-hydrogen) atoms. The van der Waals surface area contributed by atoms with E-state index in [0.717, 1.165) is 0 Å². The van der Waals surface area contributed by atoms with Gasteiger partial charge in [-0.3, -0.25) is 9.59 Å². The van der Waals surface area contributed by atoms with Crippen molar-refractivity contribution >= 4 is 12.1 Å². The molecule has 80 valence electrons. The quantitative estimate of drug-likeness (QED) is 0.558. The highest BCUT2D eigenvalue weighted by Crippen LogP contribution is 2.28. The maximum absolute atomic E-state index is 11.2. The van der Waals surface area contributed by atoms with Gasteiger partial charge in [-0.25, -0.2) is 0 Å². The van der Waals surface area contributed by atoms with Gasteiger partial charge in [0.05, 0.1) is 19.8 Å². The van der Waals surface area contributed by atoms with E-state index in [2.05, 4.69) is 0 Å². The van der Waals surface area contributed by atoms with Crippen molar-refractivity contribution in [2.45, 2.75) is 6.92 Å². The van der Waals surface area contributed by atoms with Crippen LogP contribution in [0.5, 0.6) is 11.5 Å². The zero-order valence-electron chi connectivity index (χ0n) is 8.87. The highest BCUT2D eigenvalue weighted by molar-refractivity contribution is 5.97. The van der Waals surface area contributed by atoms with Gasteiger partial charge in [0, 0.05) is 5.56 Å². The van der Waals surface area contributed by atoms with Crippen LogP contribution in [0.2, 0.25) is 0 Å². The molecule has 0 aromatic heterocycles. The highest BCUT2D eigenvalue weighted by atomic mass is 16.5. The number of hydrogen-bond acceptors (Lipinski definition) is 4. The van der Waals surface area contributed by atoms with E-state index in [9.17, 15) is 9.59 Å². The average Bonchev–Trinajstić information content (AvgIpc) is 2.26. The Balaban J connectivity index is 3.41. The number of Topliss-reactive ketones (excluding diaryl/α,β-unsaturated/α-hetero) is 1. The third-order valence-electron chi connectivity index (χ3n) is 2.07. The molecule has 0 atom stereocenters. The van der Waals surface area contributed by atoms with Crippen LogP contribution in [0.15, 0.2) is 12.1 Å². The topological polar surface area (TPSA) is 52.6 Å². The summed E-state index contributed by atoms with van der Waals surface area (Å²) in [5.41, 5.74) is 0.763. The molecule has 0 N–H and O–H groups in total. The van der Waals surface area contributed by atoms with E-state index >= 15 is 0 Å². The van der Waals surface area contributed by atoms with E-state index in [1.165, 1.54) is 33.3 Å². The van der Waals surface area contributed by atoms with Crippen LogP contribution in [0, 0.1) is 0 Å². The maximum Gasteiger partial charge on any atom is 0.160 e. The summed E-state index contributed by atoms with van der Waals surface area (Å²) in [5.74, 6) is 0.577. The molecule has 0 bridgehead atoms. The Bertz CT molecular complexity index is 371. The highest BCUT2D eigenvalue weighted by Gasteiger charge is 2.13. The summed E-state index contributed by atoms with van der Waals surface area (Å²) >= 11 is 0. The predicted octanol–water partition coefficient (Wildman–Crippen LogP) is 1.72. The lowest BCUT2D eigenvalue weighted by atomic mass is 10.1. The zero-order valence-corrected chi connectivity index (χ0v) is 8.87. The van der Waals surface area contributed by atoms with Crippen LogP contribution in [0.25, 0.3) is 0 Å². The molecule has 0 radical (unpaired) electrons. The van der Waals surface area contributed by atoms with E-state index in [0.29, 0.717) is 28.9 Å². The van der Waals surface area contributed by atoms with Crippen molar-refractivity contribution < 1.29 is 19.1 Å². The number of aldehydes is 1. The van der Waals surface area contributed by atoms with Gasteiger partial charge < -0.3 is 9.47 Å². The summed E-state index contributed by atoms with van der Waals surface area (Å²) in [6.07, 6.45) is 0.640. The number of carbonyl (C=O) groups is 2. The fourth-order valence-corrected chi connectivity index (χ4v) is 1.26. The van der Waals surface area contributed by atoms with E-state index in [4.69, 9.17) is 9.47 Å². The summed E-state index contributed by atoms with van der Waals surface area (Å²) in [6, 6.07) is 3.04. The van der Waals surface area contributed by atoms with E-state index in [1.54, 1.807) is 0 Å². The van der Waals surface area contributed by atoms with Gasteiger partial charge in [0.15, 0.2) is 12.1 Å². The molecule has 4 nitrogen and oxygen atoms in total. The van der Waals surface area contributed by atoms with Gasteiger partial charge in [-0.2, -0.15) is 0 Å². The molecule has 0 spiro atoms. The van der Waals surface area contributed by atoms with Crippen LogP contribution >= 0.6 is 0 Å². The Labute approximate surface area is 87.8 Å². The second kappa shape index (κ2) is 4.59. The average molecular weight is 208 g/mol. The molecule has 0 aliphatic carbocycles. The Morgan fingerprint density at radius 3 is 1.93 bits per heavy atom. The maximum atomic E-state index is 11.2. The first-order valence-electron chi connectivity index (χ1n) is 4.36. The molecule has 0 aliphatic heterocycles. The number of hydrogen-bond donors (Lipinski definition) is 0. The van der Waals surface area contributed by atoms with E-state index in [-0.39, 0.29) is 5.78 Å². The standard InChI is InChI=1S/C11H12O4/c1-7(13)8-4-10(14-2)9(6-12)11(5-8)15-3/h4-6H,1-3H3. The van der Waals surface area contributed by atoms with Gasteiger partial charge in [0.2, 0.25) is 0 Å². The van der Waals surface area contributed by atoms with Crippen molar-refractivity contribution in [3.63, 3.8) is 0 Å². The number of ketones is 1. The molecule has 4 heteroatoms. The van der Waals surface area contributed by atoms with Gasteiger partial charge in [0.25, 0.3) is 0 Å². The van der Waals surface area contributed by atoms with Crippen molar-refractivity contribution in [3.8, 4) is 11.5 Å². The van der Waals surface area contributed by atoms with Gasteiger partial charge in [-0.05, 0) is 19.1 Å². The van der Waals surface area contributed by atoms with Gasteiger partial charge in [0.1, 0.15) is 11.5 Å². The number of rotatable bonds is 4. The minimum absolute atomic E-state index is 0.107. The van der Waals surface area contributed by atoms with Crippen molar-refractivity contribution in [1.82, 2.24) is 0 Å². The summed E-state index contributed by atoms with van der Waals surface area (Å²) in [7, 11) is 2.87. The first-order valence-corrected chi connectivity index (χ1v) is 4.36. The van der Waals surface area contributed by atoms with Crippen LogP contribution < -0.4 is 9.47 Å². The Kier molecular flexibility index (Phi) is 3.44. The van der Waals surface area contributed by atoms with Crippen LogP contribution in [-0.2, 0) is 0 Å². The minimum Gasteiger partial charge on any atom is -0.496 e. The molecule has 0 saturated heterocycles. The second-order valence-corrected chi connectivity index (χ2v) is 2.97. The third kappa shape index (κ3) is 2.15. The number of methoxy groups -OCH3 is 2. The fraction of sp³-hybridized carbons (Fsp3) is 0.273. The molecule has 0 unspecified atom stereocenters. The predicted molar refractivity (Wildman–Crippen MR) is 54.9 cm³/mol. The molecule has 1 rings (SSSR count). The Hall–Kier alpha value is -1.84. The van der Waals surface area contributed by atoms with Crippen molar-refractivity contribution in [3.05, 3.63) is 23.3 Å². The molecule has 0 heterocycles. The lowest BCUT2D eigenvalue weighted by Gasteiger charge is -2.10. The summed E-state index contributed by atoms with van der Waals surface area (Å²) < 4.78 is 10.0. The van der Waals surface area contributed by atoms with Crippen LogP contribution in [0.4, 0.5) is 0 Å². The molecule has 0 fully saturated rings. The Morgan fingerprint density at radius 2 is 1.67 bits per heavy atom. The number of ether oxygens (including phenoxy) is 2. The summed E-state index contributed by atoms with van der Waals surface area (Å²) in [6.45, 7) is 1.44.